The second-order valence-corrected chi connectivity index (χ2v) is 2.89. The maximum atomic E-state index is 12.4. The van der Waals surface area contributed by atoms with Crippen molar-refractivity contribution < 1.29 is 18.6 Å². The van der Waals surface area contributed by atoms with Gasteiger partial charge in [-0.3, -0.25) is 0 Å². The van der Waals surface area contributed by atoms with E-state index in [0.29, 0.717) is 13.2 Å². The molecular formula is C8H17F2NO2. The highest BCUT2D eigenvalue weighted by atomic mass is 19.3. The van der Waals surface area contributed by atoms with E-state index in [1.165, 1.54) is 0 Å². The Hall–Kier alpha value is -0.260. The van der Waals surface area contributed by atoms with Gasteiger partial charge in [0, 0.05) is 13.7 Å². The zero-order chi connectivity index (χ0) is 10.2. The van der Waals surface area contributed by atoms with Crippen molar-refractivity contribution in [1.29, 1.82) is 0 Å². The summed E-state index contributed by atoms with van der Waals surface area (Å²) in [5.74, 6) is -3.00. The van der Waals surface area contributed by atoms with Gasteiger partial charge in [-0.25, -0.2) is 8.78 Å². The third-order valence-corrected chi connectivity index (χ3v) is 1.57. The molecule has 0 saturated carbocycles. The largest absolute Gasteiger partial charge is 0.390 e. The van der Waals surface area contributed by atoms with E-state index >= 15 is 0 Å². The molecule has 0 bridgehead atoms. The molecule has 0 aromatic carbocycles. The molecule has 0 aliphatic carbocycles. The molecule has 0 aliphatic heterocycles. The van der Waals surface area contributed by atoms with Crippen LogP contribution in [0.1, 0.15) is 12.8 Å². The molecule has 0 atom stereocenters. The van der Waals surface area contributed by atoms with Gasteiger partial charge < -0.3 is 15.2 Å². The van der Waals surface area contributed by atoms with Gasteiger partial charge in [0.15, 0.2) is 0 Å². The highest BCUT2D eigenvalue weighted by molar-refractivity contribution is 4.67. The summed E-state index contributed by atoms with van der Waals surface area (Å²) in [5, 5.41) is 10.8. The summed E-state index contributed by atoms with van der Waals surface area (Å²) < 4.78 is 29.6. The van der Waals surface area contributed by atoms with Crippen LogP contribution in [0.25, 0.3) is 0 Å². The number of hydrogen-bond donors (Lipinski definition) is 2. The lowest BCUT2D eigenvalue weighted by molar-refractivity contribution is -0.0474. The lowest BCUT2D eigenvalue weighted by Crippen LogP contribution is -2.36. The van der Waals surface area contributed by atoms with Crippen LogP contribution in [0.15, 0.2) is 0 Å². The number of alkyl halides is 2. The molecule has 5 heteroatoms. The Bertz CT molecular complexity index is 123. The summed E-state index contributed by atoms with van der Waals surface area (Å²) in [6.45, 7) is -0.383. The first-order chi connectivity index (χ1) is 6.12. The second kappa shape index (κ2) is 7.17. The molecule has 0 spiro atoms. The van der Waals surface area contributed by atoms with Gasteiger partial charge in [0.2, 0.25) is 0 Å². The Morgan fingerprint density at radius 2 is 2.08 bits per heavy atom. The minimum atomic E-state index is -3.00. The van der Waals surface area contributed by atoms with Crippen LogP contribution in [0.3, 0.4) is 0 Å². The van der Waals surface area contributed by atoms with E-state index in [-0.39, 0.29) is 0 Å². The summed E-state index contributed by atoms with van der Waals surface area (Å²) >= 11 is 0. The molecule has 0 aromatic heterocycles. The van der Waals surface area contributed by atoms with Crippen molar-refractivity contribution in [2.45, 2.75) is 18.8 Å². The molecule has 0 fully saturated rings. The number of aliphatic hydroxyl groups excluding tert-OH is 1. The topological polar surface area (TPSA) is 41.5 Å². The monoisotopic (exact) mass is 197 g/mol. The normalized spacial score (nSPS) is 12.0. The molecule has 80 valence electrons. The van der Waals surface area contributed by atoms with Gasteiger partial charge in [-0.15, -0.1) is 0 Å². The predicted molar refractivity (Wildman–Crippen MR) is 46.0 cm³/mol. The molecule has 0 rings (SSSR count). The molecule has 0 radical (unpaired) electrons. The van der Waals surface area contributed by atoms with E-state index in [2.05, 4.69) is 5.32 Å². The summed E-state index contributed by atoms with van der Waals surface area (Å²) in [7, 11) is 1.60. The van der Waals surface area contributed by atoms with E-state index in [4.69, 9.17) is 9.84 Å². The Kier molecular flexibility index (Phi) is 7.03. The van der Waals surface area contributed by atoms with Gasteiger partial charge in [-0.1, -0.05) is 0 Å². The smallest absolute Gasteiger partial charge is 0.282 e. The summed E-state index contributed by atoms with van der Waals surface area (Å²) in [6, 6.07) is 0. The van der Waals surface area contributed by atoms with E-state index < -0.39 is 19.1 Å². The van der Waals surface area contributed by atoms with E-state index in [1.54, 1.807) is 7.11 Å². The van der Waals surface area contributed by atoms with Gasteiger partial charge in [0.1, 0.15) is 6.61 Å². The number of rotatable bonds is 8. The van der Waals surface area contributed by atoms with Crippen LogP contribution in [0.4, 0.5) is 8.78 Å². The molecule has 0 heterocycles. The third kappa shape index (κ3) is 8.08. The Labute approximate surface area is 77.1 Å². The predicted octanol–water partition coefficient (Wildman–Crippen LogP) is 0.630. The van der Waals surface area contributed by atoms with Crippen molar-refractivity contribution in [1.82, 2.24) is 5.32 Å². The molecule has 0 saturated heterocycles. The fourth-order valence-corrected chi connectivity index (χ4v) is 0.824. The molecule has 3 nitrogen and oxygen atoms in total. The van der Waals surface area contributed by atoms with E-state index in [9.17, 15) is 8.78 Å². The van der Waals surface area contributed by atoms with Gasteiger partial charge >= 0.3 is 0 Å². The van der Waals surface area contributed by atoms with Crippen LogP contribution in [0, 0.1) is 0 Å². The Morgan fingerprint density at radius 3 is 2.62 bits per heavy atom. The average molecular weight is 197 g/mol. The molecule has 0 aromatic rings. The van der Waals surface area contributed by atoms with Gasteiger partial charge in [0.25, 0.3) is 5.92 Å². The first kappa shape index (κ1) is 12.7. The van der Waals surface area contributed by atoms with Gasteiger partial charge in [-0.2, -0.15) is 0 Å². The minimum Gasteiger partial charge on any atom is -0.390 e. The van der Waals surface area contributed by atoms with Crippen LogP contribution < -0.4 is 5.32 Å². The summed E-state index contributed by atoms with van der Waals surface area (Å²) in [6.07, 6.45) is 1.66. The first-order valence-corrected chi connectivity index (χ1v) is 4.31. The van der Waals surface area contributed by atoms with Gasteiger partial charge in [0.05, 0.1) is 6.54 Å². The number of nitrogens with one attached hydrogen (secondary N) is 1. The fourth-order valence-electron chi connectivity index (χ4n) is 0.824. The molecule has 0 unspecified atom stereocenters. The number of ether oxygens (including phenoxy) is 1. The zero-order valence-electron chi connectivity index (χ0n) is 7.85. The van der Waals surface area contributed by atoms with Crippen LogP contribution in [0.2, 0.25) is 0 Å². The van der Waals surface area contributed by atoms with Crippen LogP contribution in [0.5, 0.6) is 0 Å². The van der Waals surface area contributed by atoms with Crippen molar-refractivity contribution >= 4 is 0 Å². The maximum absolute atomic E-state index is 12.4. The molecule has 0 aliphatic rings. The molecule has 13 heavy (non-hydrogen) atoms. The summed E-state index contributed by atoms with van der Waals surface area (Å²) in [4.78, 5) is 0. The zero-order valence-corrected chi connectivity index (χ0v) is 7.85. The standard InChI is InChI=1S/C8H17F2NO2/c1-13-5-3-2-4-11-6-8(9,10)7-12/h11-12H,2-7H2,1H3. The van der Waals surface area contributed by atoms with E-state index in [0.717, 1.165) is 12.8 Å². The SMILES string of the molecule is COCCCCNCC(F)(F)CO. The van der Waals surface area contributed by atoms with Crippen molar-refractivity contribution in [3.8, 4) is 0 Å². The molecule has 2 N–H and O–H groups in total. The number of unbranched alkanes of at least 4 members (excludes halogenated alkanes) is 1. The minimum absolute atomic E-state index is 0.462. The number of aliphatic hydroxyl groups is 1. The fraction of sp³-hybridized carbons (Fsp3) is 1.00. The van der Waals surface area contributed by atoms with Crippen molar-refractivity contribution in [3.63, 3.8) is 0 Å². The number of hydrogen-bond acceptors (Lipinski definition) is 3. The average Bonchev–Trinajstić information content (AvgIpc) is 2.11. The highest BCUT2D eigenvalue weighted by Crippen LogP contribution is 2.09. The second-order valence-electron chi connectivity index (χ2n) is 2.89. The van der Waals surface area contributed by atoms with Crippen LogP contribution in [-0.4, -0.2) is 44.4 Å². The maximum Gasteiger partial charge on any atom is 0.282 e. The lowest BCUT2D eigenvalue weighted by Gasteiger charge is -2.13. The molecular weight excluding hydrogens is 180 g/mol. The Balaban J connectivity index is 3.16. The van der Waals surface area contributed by atoms with Crippen molar-refractivity contribution in [2.24, 2.45) is 0 Å². The van der Waals surface area contributed by atoms with E-state index in [1.807, 2.05) is 0 Å². The quantitative estimate of drug-likeness (QED) is 0.561. The van der Waals surface area contributed by atoms with Crippen molar-refractivity contribution in [3.05, 3.63) is 0 Å². The third-order valence-electron chi connectivity index (χ3n) is 1.57. The van der Waals surface area contributed by atoms with Crippen molar-refractivity contribution in [2.75, 3.05) is 33.4 Å². The first-order valence-electron chi connectivity index (χ1n) is 4.31. The lowest BCUT2D eigenvalue weighted by atomic mass is 10.3. The van der Waals surface area contributed by atoms with Crippen LogP contribution >= 0.6 is 0 Å². The van der Waals surface area contributed by atoms with Crippen LogP contribution in [-0.2, 0) is 4.74 Å². The highest BCUT2D eigenvalue weighted by Gasteiger charge is 2.26. The number of halogens is 2. The summed E-state index contributed by atoms with van der Waals surface area (Å²) in [5.41, 5.74) is 0. The number of methoxy groups -OCH3 is 1. The van der Waals surface area contributed by atoms with Gasteiger partial charge in [-0.05, 0) is 19.4 Å². The Morgan fingerprint density at radius 1 is 1.38 bits per heavy atom. The molecule has 0 amide bonds.